The number of nitrogens with zero attached hydrogens (tertiary/aromatic N) is 2. The van der Waals surface area contributed by atoms with Gasteiger partial charge in [0.25, 0.3) is 5.91 Å². The Hall–Kier alpha value is -1.10. The Balaban J connectivity index is 1.66. The molecule has 2 aliphatic heterocycles. The molecule has 5 heteroatoms. The normalized spacial score (nSPS) is 23.5. The van der Waals surface area contributed by atoms with Crippen LogP contribution in [-0.2, 0) is 0 Å². The molecule has 0 bridgehead atoms. The van der Waals surface area contributed by atoms with E-state index in [1.54, 1.807) is 0 Å². The molecule has 0 spiro atoms. The lowest BCUT2D eigenvalue weighted by atomic mass is 10.1. The van der Waals surface area contributed by atoms with Gasteiger partial charge in [-0.15, -0.1) is 0 Å². The molecular weight excluding hydrogens is 286 g/mol. The third kappa shape index (κ3) is 3.23. The van der Waals surface area contributed by atoms with Crippen LogP contribution < -0.4 is 5.32 Å². The Bertz CT molecular complexity index is 528. The van der Waals surface area contributed by atoms with E-state index in [1.807, 2.05) is 30.0 Å². The van der Waals surface area contributed by atoms with Crippen molar-refractivity contribution >= 4 is 17.5 Å². The van der Waals surface area contributed by atoms with Crippen molar-refractivity contribution in [2.75, 3.05) is 39.3 Å². The van der Waals surface area contributed by atoms with Crippen LogP contribution in [0.4, 0.5) is 0 Å². The van der Waals surface area contributed by atoms with Gasteiger partial charge >= 0.3 is 0 Å². The summed E-state index contributed by atoms with van der Waals surface area (Å²) in [6.45, 7) is 7.90. The summed E-state index contributed by atoms with van der Waals surface area (Å²) in [5, 5.41) is 3.93. The van der Waals surface area contributed by atoms with Crippen LogP contribution in [-0.4, -0.2) is 61.0 Å². The van der Waals surface area contributed by atoms with E-state index in [9.17, 15) is 4.79 Å². The summed E-state index contributed by atoms with van der Waals surface area (Å²) in [5.41, 5.74) is 1.71. The molecule has 3 rings (SSSR count). The number of likely N-dealkylation sites (tertiary alicyclic amines) is 1. The third-order valence-electron chi connectivity index (χ3n) is 4.47. The lowest BCUT2D eigenvalue weighted by Crippen LogP contribution is -2.49. The topological polar surface area (TPSA) is 35.6 Å². The predicted molar refractivity (Wildman–Crippen MR) is 84.9 cm³/mol. The maximum absolute atomic E-state index is 12.6. The Morgan fingerprint density at radius 3 is 2.76 bits per heavy atom. The Kier molecular flexibility index (Phi) is 4.48. The number of benzene rings is 1. The summed E-state index contributed by atoms with van der Waals surface area (Å²) in [7, 11) is 0. The maximum atomic E-state index is 12.6. The minimum atomic E-state index is 0.0673. The van der Waals surface area contributed by atoms with E-state index >= 15 is 0 Å². The van der Waals surface area contributed by atoms with Crippen LogP contribution in [0.25, 0.3) is 0 Å². The monoisotopic (exact) mass is 307 g/mol. The van der Waals surface area contributed by atoms with Crippen LogP contribution in [0.1, 0.15) is 22.3 Å². The van der Waals surface area contributed by atoms with Crippen LogP contribution in [0.2, 0.25) is 5.02 Å². The van der Waals surface area contributed by atoms with Crippen LogP contribution >= 0.6 is 11.6 Å². The zero-order valence-corrected chi connectivity index (χ0v) is 13.2. The van der Waals surface area contributed by atoms with Crippen molar-refractivity contribution in [3.63, 3.8) is 0 Å². The SMILES string of the molecule is Cc1ccc(C(=O)N2CCC(N3CCNCC3)C2)c(Cl)c1. The first-order valence-corrected chi connectivity index (χ1v) is 8.03. The van der Waals surface area contributed by atoms with Gasteiger partial charge in [-0.05, 0) is 31.0 Å². The molecule has 2 saturated heterocycles. The molecule has 4 nitrogen and oxygen atoms in total. The van der Waals surface area contributed by atoms with Gasteiger partial charge in [0.2, 0.25) is 0 Å². The number of nitrogens with one attached hydrogen (secondary N) is 1. The number of aryl methyl sites for hydroxylation is 1. The van der Waals surface area contributed by atoms with Crippen molar-refractivity contribution in [3.8, 4) is 0 Å². The lowest BCUT2D eigenvalue weighted by Gasteiger charge is -2.32. The van der Waals surface area contributed by atoms with Gasteiger partial charge in [-0.1, -0.05) is 17.7 Å². The third-order valence-corrected chi connectivity index (χ3v) is 4.79. The summed E-state index contributed by atoms with van der Waals surface area (Å²) in [4.78, 5) is 17.1. The number of carbonyl (C=O) groups is 1. The molecule has 1 aromatic rings. The first kappa shape index (κ1) is 14.8. The zero-order valence-electron chi connectivity index (χ0n) is 12.4. The minimum Gasteiger partial charge on any atom is -0.337 e. The summed E-state index contributed by atoms with van der Waals surface area (Å²) in [5.74, 6) is 0.0673. The Labute approximate surface area is 131 Å². The smallest absolute Gasteiger partial charge is 0.255 e. The van der Waals surface area contributed by atoms with Gasteiger partial charge in [0, 0.05) is 45.3 Å². The van der Waals surface area contributed by atoms with Crippen molar-refractivity contribution in [2.45, 2.75) is 19.4 Å². The first-order valence-electron chi connectivity index (χ1n) is 7.65. The molecule has 21 heavy (non-hydrogen) atoms. The van der Waals surface area contributed by atoms with Crippen molar-refractivity contribution in [2.24, 2.45) is 0 Å². The van der Waals surface area contributed by atoms with E-state index in [1.165, 1.54) is 0 Å². The first-order chi connectivity index (χ1) is 10.1. The van der Waals surface area contributed by atoms with Crippen molar-refractivity contribution in [3.05, 3.63) is 34.3 Å². The largest absolute Gasteiger partial charge is 0.337 e. The van der Waals surface area contributed by atoms with Gasteiger partial charge in [-0.3, -0.25) is 9.69 Å². The second-order valence-electron chi connectivity index (χ2n) is 5.96. The number of hydrogen-bond donors (Lipinski definition) is 1. The molecule has 1 N–H and O–H groups in total. The zero-order chi connectivity index (χ0) is 14.8. The average molecular weight is 308 g/mol. The van der Waals surface area contributed by atoms with Crippen molar-refractivity contribution in [1.29, 1.82) is 0 Å². The Morgan fingerprint density at radius 1 is 1.29 bits per heavy atom. The summed E-state index contributed by atoms with van der Waals surface area (Å²) in [6.07, 6.45) is 1.06. The number of halogens is 1. The molecule has 114 valence electrons. The minimum absolute atomic E-state index is 0.0673. The molecule has 2 fully saturated rings. The molecular formula is C16H22ClN3O. The summed E-state index contributed by atoms with van der Waals surface area (Å²) >= 11 is 6.22. The van der Waals surface area contributed by atoms with Crippen LogP contribution in [0, 0.1) is 6.92 Å². The van der Waals surface area contributed by atoms with Gasteiger partial charge in [0.1, 0.15) is 0 Å². The molecule has 1 unspecified atom stereocenters. The van der Waals surface area contributed by atoms with Gasteiger partial charge in [0.15, 0.2) is 0 Å². The quantitative estimate of drug-likeness (QED) is 0.904. The highest BCUT2D eigenvalue weighted by Crippen LogP contribution is 2.23. The highest BCUT2D eigenvalue weighted by atomic mass is 35.5. The van der Waals surface area contributed by atoms with E-state index in [0.717, 1.165) is 51.3 Å². The van der Waals surface area contributed by atoms with Gasteiger partial charge in [-0.2, -0.15) is 0 Å². The molecule has 0 radical (unpaired) electrons. The number of carbonyl (C=O) groups excluding carboxylic acids is 1. The molecule has 1 atom stereocenters. The molecule has 0 aromatic heterocycles. The number of amides is 1. The number of hydrogen-bond acceptors (Lipinski definition) is 3. The molecule has 1 aromatic carbocycles. The number of rotatable bonds is 2. The van der Waals surface area contributed by atoms with Crippen molar-refractivity contribution in [1.82, 2.24) is 15.1 Å². The second-order valence-corrected chi connectivity index (χ2v) is 6.37. The molecule has 0 saturated carbocycles. The van der Waals surface area contributed by atoms with E-state index < -0.39 is 0 Å². The second kappa shape index (κ2) is 6.34. The van der Waals surface area contributed by atoms with Crippen LogP contribution in [0.3, 0.4) is 0 Å². The molecule has 1 amide bonds. The van der Waals surface area contributed by atoms with Crippen LogP contribution in [0.5, 0.6) is 0 Å². The van der Waals surface area contributed by atoms with Gasteiger partial charge in [-0.25, -0.2) is 0 Å². The maximum Gasteiger partial charge on any atom is 0.255 e. The van der Waals surface area contributed by atoms with E-state index in [2.05, 4.69) is 10.2 Å². The van der Waals surface area contributed by atoms with Crippen LogP contribution in [0.15, 0.2) is 18.2 Å². The summed E-state index contributed by atoms with van der Waals surface area (Å²) in [6, 6.07) is 6.15. The lowest BCUT2D eigenvalue weighted by molar-refractivity contribution is 0.0773. The summed E-state index contributed by atoms with van der Waals surface area (Å²) < 4.78 is 0. The fourth-order valence-electron chi connectivity index (χ4n) is 3.24. The highest BCUT2D eigenvalue weighted by Gasteiger charge is 2.31. The van der Waals surface area contributed by atoms with Gasteiger partial charge < -0.3 is 10.2 Å². The van der Waals surface area contributed by atoms with Gasteiger partial charge in [0.05, 0.1) is 10.6 Å². The number of piperazine rings is 1. The van der Waals surface area contributed by atoms with E-state index in [-0.39, 0.29) is 5.91 Å². The van der Waals surface area contributed by atoms with E-state index in [0.29, 0.717) is 16.6 Å². The molecule has 2 aliphatic rings. The average Bonchev–Trinajstić information content (AvgIpc) is 2.97. The highest BCUT2D eigenvalue weighted by molar-refractivity contribution is 6.33. The standard InChI is InChI=1S/C16H22ClN3O/c1-12-2-3-14(15(17)10-12)16(21)20-7-4-13(11-20)19-8-5-18-6-9-19/h2-3,10,13,18H,4-9,11H2,1H3. The predicted octanol–water partition coefficient (Wildman–Crippen LogP) is 1.77. The Morgan fingerprint density at radius 2 is 2.05 bits per heavy atom. The molecule has 2 heterocycles. The van der Waals surface area contributed by atoms with Crippen molar-refractivity contribution < 1.29 is 4.79 Å². The fraction of sp³-hybridized carbons (Fsp3) is 0.562. The molecule has 0 aliphatic carbocycles. The fourth-order valence-corrected chi connectivity index (χ4v) is 3.55. The van der Waals surface area contributed by atoms with E-state index in [4.69, 9.17) is 11.6 Å².